The zero-order valence-corrected chi connectivity index (χ0v) is 16.6. The van der Waals surface area contributed by atoms with Gasteiger partial charge in [0, 0.05) is 13.1 Å². The van der Waals surface area contributed by atoms with Gasteiger partial charge in [0.05, 0.1) is 25.2 Å². The number of ether oxygens (including phenoxy) is 3. The van der Waals surface area contributed by atoms with Crippen molar-refractivity contribution in [1.29, 1.82) is 0 Å². The summed E-state index contributed by atoms with van der Waals surface area (Å²) in [6.45, 7) is 1.92. The Labute approximate surface area is 175 Å². The van der Waals surface area contributed by atoms with Crippen LogP contribution in [0.15, 0.2) is 23.0 Å². The van der Waals surface area contributed by atoms with Crippen molar-refractivity contribution in [2.75, 3.05) is 40.0 Å². The molecular formula is C19H20N4O8. The molecule has 12 heteroatoms. The van der Waals surface area contributed by atoms with Crippen LogP contribution < -0.4 is 15.0 Å². The number of carbonyl (C=O) groups is 1. The van der Waals surface area contributed by atoms with Gasteiger partial charge in [0.25, 0.3) is 11.8 Å². The second kappa shape index (κ2) is 9.71. The minimum absolute atomic E-state index is 0.0662. The number of morpholine rings is 1. The fraction of sp³-hybridized carbons (Fsp3) is 0.316. The van der Waals surface area contributed by atoms with E-state index >= 15 is 0 Å². The Bertz CT molecular complexity index is 1060. The van der Waals surface area contributed by atoms with Gasteiger partial charge in [-0.25, -0.2) is 0 Å². The molecule has 1 aliphatic rings. The molecule has 31 heavy (non-hydrogen) atoms. The van der Waals surface area contributed by atoms with E-state index in [9.17, 15) is 24.8 Å². The van der Waals surface area contributed by atoms with Gasteiger partial charge < -0.3 is 29.2 Å². The fourth-order valence-corrected chi connectivity index (χ4v) is 2.84. The number of aromatic amines is 1. The average molecular weight is 432 g/mol. The molecule has 2 N–H and O–H groups in total. The lowest BCUT2D eigenvalue weighted by molar-refractivity contribution is -0.387. The summed E-state index contributed by atoms with van der Waals surface area (Å²) in [7, 11) is 1.45. The summed E-state index contributed by atoms with van der Waals surface area (Å²) in [5, 5.41) is 20.3. The molecule has 0 bridgehead atoms. The molecule has 12 nitrogen and oxygen atoms in total. The van der Waals surface area contributed by atoms with Crippen LogP contribution in [-0.2, 0) is 9.53 Å². The van der Waals surface area contributed by atoms with Gasteiger partial charge in [-0.05, 0) is 23.8 Å². The molecular weight excluding hydrogens is 412 g/mol. The lowest BCUT2D eigenvalue weighted by atomic mass is 10.2. The minimum atomic E-state index is -1.07. The number of H-pyrrole nitrogens is 1. The van der Waals surface area contributed by atoms with E-state index in [0.717, 1.165) is 0 Å². The highest BCUT2D eigenvalue weighted by Crippen LogP contribution is 2.29. The Morgan fingerprint density at radius 1 is 1.35 bits per heavy atom. The van der Waals surface area contributed by atoms with E-state index in [-0.39, 0.29) is 18.3 Å². The van der Waals surface area contributed by atoms with Crippen LogP contribution in [0, 0.1) is 10.1 Å². The molecule has 0 aliphatic carbocycles. The quantitative estimate of drug-likeness (QED) is 0.477. The van der Waals surface area contributed by atoms with Crippen molar-refractivity contribution >= 4 is 23.7 Å². The molecule has 2 aromatic rings. The van der Waals surface area contributed by atoms with Crippen molar-refractivity contribution in [2.45, 2.75) is 0 Å². The average Bonchev–Trinajstić information content (AvgIpc) is 2.76. The Kier molecular flexibility index (Phi) is 6.82. The van der Waals surface area contributed by atoms with E-state index in [2.05, 4.69) is 9.97 Å². The number of aromatic nitrogens is 2. The fourth-order valence-electron chi connectivity index (χ4n) is 2.84. The number of aromatic hydroxyl groups is 1. The summed E-state index contributed by atoms with van der Waals surface area (Å²) < 4.78 is 16.1. The van der Waals surface area contributed by atoms with Gasteiger partial charge in [0.15, 0.2) is 18.1 Å². The second-order valence-corrected chi connectivity index (χ2v) is 6.41. The van der Waals surface area contributed by atoms with Crippen LogP contribution in [-0.4, -0.2) is 70.8 Å². The highest BCUT2D eigenvalue weighted by atomic mass is 16.6. The van der Waals surface area contributed by atoms with Crippen LogP contribution >= 0.6 is 0 Å². The van der Waals surface area contributed by atoms with Crippen LogP contribution in [0.2, 0.25) is 0 Å². The van der Waals surface area contributed by atoms with Crippen molar-refractivity contribution in [3.05, 3.63) is 50.1 Å². The van der Waals surface area contributed by atoms with E-state index in [1.165, 1.54) is 13.2 Å². The lowest BCUT2D eigenvalue weighted by Gasteiger charge is -2.26. The second-order valence-electron chi connectivity index (χ2n) is 6.41. The summed E-state index contributed by atoms with van der Waals surface area (Å²) in [6, 6.07) is 4.93. The standard InChI is InChI=1S/C19H20N4O8/c1-29-14-10-12(3-5-15-20-18(25)17(23(27)28)19(26)21-15)2-4-13(14)31-11-16(24)22-6-8-30-9-7-22/h2-5,10H,6-9,11H2,1H3,(H2,20,21,25,26). The van der Waals surface area contributed by atoms with Gasteiger partial charge in [0.2, 0.25) is 0 Å². The summed E-state index contributed by atoms with van der Waals surface area (Å²) >= 11 is 0. The van der Waals surface area contributed by atoms with Crippen molar-refractivity contribution in [2.24, 2.45) is 0 Å². The maximum atomic E-state index is 12.2. The summed E-state index contributed by atoms with van der Waals surface area (Å²) in [6.07, 6.45) is 2.91. The number of hydrogen-bond donors (Lipinski definition) is 2. The Morgan fingerprint density at radius 2 is 2.10 bits per heavy atom. The molecule has 1 aliphatic heterocycles. The molecule has 0 unspecified atom stereocenters. The zero-order chi connectivity index (χ0) is 22.4. The van der Waals surface area contributed by atoms with Crippen LogP contribution in [0.5, 0.6) is 17.4 Å². The minimum Gasteiger partial charge on any atom is -0.493 e. The van der Waals surface area contributed by atoms with Gasteiger partial charge in [-0.1, -0.05) is 12.1 Å². The van der Waals surface area contributed by atoms with Crippen LogP contribution in [0.1, 0.15) is 11.4 Å². The third-order valence-corrected chi connectivity index (χ3v) is 4.41. The first-order valence-corrected chi connectivity index (χ1v) is 9.21. The monoisotopic (exact) mass is 432 g/mol. The largest absolute Gasteiger partial charge is 0.493 e. The van der Waals surface area contributed by atoms with Gasteiger partial charge in [-0.15, -0.1) is 0 Å². The molecule has 1 aromatic heterocycles. The number of rotatable bonds is 7. The highest BCUT2D eigenvalue weighted by molar-refractivity contribution is 5.78. The Morgan fingerprint density at radius 3 is 2.74 bits per heavy atom. The third kappa shape index (κ3) is 5.36. The first-order chi connectivity index (χ1) is 14.9. The number of nitrogens with one attached hydrogen (secondary N) is 1. The number of nitro groups is 1. The van der Waals surface area contributed by atoms with Crippen LogP contribution in [0.25, 0.3) is 12.2 Å². The number of benzene rings is 1. The maximum absolute atomic E-state index is 12.2. The van der Waals surface area contributed by atoms with E-state index in [0.29, 0.717) is 43.4 Å². The topological polar surface area (TPSA) is 157 Å². The first kappa shape index (κ1) is 21.8. The first-order valence-electron chi connectivity index (χ1n) is 9.21. The predicted molar refractivity (Wildman–Crippen MR) is 108 cm³/mol. The van der Waals surface area contributed by atoms with Crippen LogP contribution in [0.3, 0.4) is 0 Å². The maximum Gasteiger partial charge on any atom is 0.395 e. The van der Waals surface area contributed by atoms with Crippen molar-refractivity contribution in [3.63, 3.8) is 0 Å². The SMILES string of the molecule is COc1cc(C=Cc2nc(O)c([N+](=O)[O-])c(=O)[nH]2)ccc1OCC(=O)N1CCOCC1. The van der Waals surface area contributed by atoms with Gasteiger partial charge in [-0.3, -0.25) is 19.7 Å². The van der Waals surface area contributed by atoms with Gasteiger partial charge in [0.1, 0.15) is 5.82 Å². The lowest BCUT2D eigenvalue weighted by Crippen LogP contribution is -2.43. The predicted octanol–water partition coefficient (Wildman–Crippen LogP) is 0.800. The van der Waals surface area contributed by atoms with Crippen molar-refractivity contribution < 1.29 is 29.0 Å². The van der Waals surface area contributed by atoms with E-state index < -0.39 is 22.0 Å². The number of methoxy groups -OCH3 is 1. The molecule has 0 saturated carbocycles. The highest BCUT2D eigenvalue weighted by Gasteiger charge is 2.21. The van der Waals surface area contributed by atoms with Crippen LogP contribution in [0.4, 0.5) is 5.69 Å². The Balaban J connectivity index is 1.70. The molecule has 0 radical (unpaired) electrons. The summed E-state index contributed by atoms with van der Waals surface area (Å²) in [4.78, 5) is 41.1. The molecule has 164 valence electrons. The van der Waals surface area contributed by atoms with Gasteiger partial charge >= 0.3 is 11.2 Å². The molecule has 1 aromatic carbocycles. The molecule has 0 atom stereocenters. The Hall–Kier alpha value is -3.93. The summed E-state index contributed by atoms with van der Waals surface area (Å²) in [5.41, 5.74) is -1.46. The van der Waals surface area contributed by atoms with Gasteiger partial charge in [-0.2, -0.15) is 4.98 Å². The number of carbonyl (C=O) groups excluding carboxylic acids is 1. The number of nitrogens with zero attached hydrogens (tertiary/aromatic N) is 3. The van der Waals surface area contributed by atoms with E-state index in [1.807, 2.05) is 0 Å². The molecule has 1 fully saturated rings. The molecule has 1 amide bonds. The smallest absolute Gasteiger partial charge is 0.395 e. The number of hydrogen-bond acceptors (Lipinski definition) is 9. The van der Waals surface area contributed by atoms with Crippen molar-refractivity contribution in [1.82, 2.24) is 14.9 Å². The van der Waals surface area contributed by atoms with E-state index in [1.54, 1.807) is 29.2 Å². The molecule has 0 spiro atoms. The molecule has 1 saturated heterocycles. The summed E-state index contributed by atoms with van der Waals surface area (Å²) in [5.74, 6) is -0.434. The molecule has 2 heterocycles. The normalized spacial score (nSPS) is 13.9. The third-order valence-electron chi connectivity index (χ3n) is 4.41. The zero-order valence-electron chi connectivity index (χ0n) is 16.6. The number of amides is 1. The van der Waals surface area contributed by atoms with Crippen molar-refractivity contribution in [3.8, 4) is 17.4 Å². The molecule has 3 rings (SSSR count). The van der Waals surface area contributed by atoms with E-state index in [4.69, 9.17) is 14.2 Å².